The van der Waals surface area contributed by atoms with E-state index in [0.29, 0.717) is 0 Å². The summed E-state index contributed by atoms with van der Waals surface area (Å²) in [4.78, 5) is 5.21. The maximum atomic E-state index is 2.67. The summed E-state index contributed by atoms with van der Waals surface area (Å²) in [6.45, 7) is 13.3. The molecule has 0 aromatic rings. The van der Waals surface area contributed by atoms with Crippen molar-refractivity contribution < 1.29 is 4.58 Å². The Morgan fingerprint density at radius 1 is 1.06 bits per heavy atom. The molecule has 18 heavy (non-hydrogen) atoms. The van der Waals surface area contributed by atoms with Gasteiger partial charge in [-0.2, -0.15) is 0 Å². The van der Waals surface area contributed by atoms with Gasteiger partial charge in [0.05, 0.1) is 26.2 Å². The number of likely N-dealkylation sites (N-methyl/N-ethyl adjacent to an activating group) is 1. The van der Waals surface area contributed by atoms with E-state index in [9.17, 15) is 0 Å². The van der Waals surface area contributed by atoms with Gasteiger partial charge in [0.1, 0.15) is 0 Å². The van der Waals surface area contributed by atoms with Crippen molar-refractivity contribution in [1.82, 2.24) is 9.80 Å². The van der Waals surface area contributed by atoms with Gasteiger partial charge in [-0.05, 0) is 32.4 Å². The predicted octanol–water partition coefficient (Wildman–Crippen LogP) is 2.02. The molecule has 0 spiro atoms. The fourth-order valence-electron chi connectivity index (χ4n) is 3.27. The van der Waals surface area contributed by atoms with Crippen LogP contribution in [0.15, 0.2) is 0 Å². The SMILES string of the molecule is CCN(CC)CCN1CCC[N+]2=C1CCCCC2. The second-order valence-corrected chi connectivity index (χ2v) is 5.58. The molecule has 0 amide bonds. The van der Waals surface area contributed by atoms with Crippen molar-refractivity contribution >= 4 is 5.84 Å². The molecule has 0 aromatic carbocycles. The smallest absolute Gasteiger partial charge is 0.246 e. The Hall–Kier alpha value is -0.570. The number of amidine groups is 1. The maximum Gasteiger partial charge on any atom is 0.246 e. The van der Waals surface area contributed by atoms with E-state index in [-0.39, 0.29) is 0 Å². The first-order chi connectivity index (χ1) is 8.85. The predicted molar refractivity (Wildman–Crippen MR) is 77.4 cm³/mol. The summed E-state index contributed by atoms with van der Waals surface area (Å²) in [5, 5.41) is 0. The van der Waals surface area contributed by atoms with Gasteiger partial charge in [0.15, 0.2) is 0 Å². The quantitative estimate of drug-likeness (QED) is 0.693. The van der Waals surface area contributed by atoms with Gasteiger partial charge >= 0.3 is 0 Å². The zero-order valence-corrected chi connectivity index (χ0v) is 12.3. The molecule has 0 aliphatic carbocycles. The second-order valence-electron chi connectivity index (χ2n) is 5.58. The molecule has 2 rings (SSSR count). The Bertz CT molecular complexity index is 281. The molecule has 2 aliphatic heterocycles. The lowest BCUT2D eigenvalue weighted by atomic mass is 10.2. The van der Waals surface area contributed by atoms with Gasteiger partial charge < -0.3 is 4.90 Å². The average Bonchev–Trinajstić information content (AvgIpc) is 2.65. The fourth-order valence-corrected chi connectivity index (χ4v) is 3.27. The van der Waals surface area contributed by atoms with Crippen LogP contribution in [0.5, 0.6) is 0 Å². The van der Waals surface area contributed by atoms with E-state index in [1.165, 1.54) is 77.9 Å². The number of hydrogen-bond acceptors (Lipinski definition) is 2. The van der Waals surface area contributed by atoms with Crippen molar-refractivity contribution in [2.24, 2.45) is 0 Å². The molecule has 3 nitrogen and oxygen atoms in total. The molecule has 0 unspecified atom stereocenters. The highest BCUT2D eigenvalue weighted by molar-refractivity contribution is 5.78. The minimum Gasteiger partial charge on any atom is -0.300 e. The highest BCUT2D eigenvalue weighted by atomic mass is 15.3. The molecule has 0 bridgehead atoms. The van der Waals surface area contributed by atoms with E-state index in [4.69, 9.17) is 0 Å². The first-order valence-corrected chi connectivity index (χ1v) is 7.93. The lowest BCUT2D eigenvalue weighted by Gasteiger charge is -2.28. The number of nitrogens with zero attached hydrogens (tertiary/aromatic N) is 3. The van der Waals surface area contributed by atoms with Crippen LogP contribution < -0.4 is 0 Å². The van der Waals surface area contributed by atoms with Crippen LogP contribution in [0, 0.1) is 0 Å². The zero-order valence-electron chi connectivity index (χ0n) is 12.3. The summed E-state index contributed by atoms with van der Waals surface area (Å²) < 4.78 is 2.67. The summed E-state index contributed by atoms with van der Waals surface area (Å²) in [6.07, 6.45) is 6.88. The zero-order chi connectivity index (χ0) is 12.8. The van der Waals surface area contributed by atoms with E-state index in [1.807, 2.05) is 0 Å². The van der Waals surface area contributed by atoms with Gasteiger partial charge in [0.2, 0.25) is 5.84 Å². The Kier molecular flexibility index (Phi) is 5.48. The normalized spacial score (nSPS) is 21.2. The van der Waals surface area contributed by atoms with Crippen molar-refractivity contribution in [3.63, 3.8) is 0 Å². The molecule has 2 heterocycles. The Morgan fingerprint density at radius 2 is 1.83 bits per heavy atom. The van der Waals surface area contributed by atoms with E-state index in [2.05, 4.69) is 28.2 Å². The van der Waals surface area contributed by atoms with Crippen molar-refractivity contribution in [3.8, 4) is 0 Å². The van der Waals surface area contributed by atoms with E-state index in [1.54, 1.807) is 5.84 Å². The van der Waals surface area contributed by atoms with Crippen LogP contribution in [0.2, 0.25) is 0 Å². The minimum absolute atomic E-state index is 1.18. The van der Waals surface area contributed by atoms with Crippen molar-refractivity contribution in [3.05, 3.63) is 0 Å². The Balaban J connectivity index is 1.94. The molecular formula is C15H30N3+. The Morgan fingerprint density at radius 3 is 2.61 bits per heavy atom. The van der Waals surface area contributed by atoms with Gasteiger partial charge in [-0.15, -0.1) is 0 Å². The monoisotopic (exact) mass is 252 g/mol. The van der Waals surface area contributed by atoms with Gasteiger partial charge in [0.25, 0.3) is 0 Å². The van der Waals surface area contributed by atoms with Gasteiger partial charge in [-0.25, -0.2) is 0 Å². The highest BCUT2D eigenvalue weighted by Gasteiger charge is 2.28. The number of rotatable bonds is 5. The molecule has 0 aromatic heterocycles. The third kappa shape index (κ3) is 3.47. The summed E-state index contributed by atoms with van der Waals surface area (Å²) in [5.41, 5.74) is 0. The largest absolute Gasteiger partial charge is 0.300 e. The average molecular weight is 252 g/mol. The molecular weight excluding hydrogens is 222 g/mol. The fraction of sp³-hybridized carbons (Fsp3) is 0.933. The minimum atomic E-state index is 1.18. The third-order valence-electron chi connectivity index (χ3n) is 4.50. The molecule has 3 heteroatoms. The lowest BCUT2D eigenvalue weighted by molar-refractivity contribution is -0.539. The molecule has 104 valence electrons. The van der Waals surface area contributed by atoms with E-state index >= 15 is 0 Å². The van der Waals surface area contributed by atoms with Crippen molar-refractivity contribution in [1.29, 1.82) is 0 Å². The maximum absolute atomic E-state index is 2.67. The third-order valence-corrected chi connectivity index (χ3v) is 4.50. The van der Waals surface area contributed by atoms with E-state index < -0.39 is 0 Å². The van der Waals surface area contributed by atoms with Crippen LogP contribution in [-0.4, -0.2) is 66.0 Å². The van der Waals surface area contributed by atoms with Gasteiger partial charge in [-0.1, -0.05) is 13.8 Å². The van der Waals surface area contributed by atoms with Crippen molar-refractivity contribution in [2.45, 2.75) is 46.0 Å². The van der Waals surface area contributed by atoms with Gasteiger partial charge in [0, 0.05) is 19.4 Å². The molecule has 0 atom stereocenters. The molecule has 0 saturated heterocycles. The first kappa shape index (κ1) is 13.9. The Labute approximate surface area is 112 Å². The van der Waals surface area contributed by atoms with Crippen LogP contribution in [0.3, 0.4) is 0 Å². The summed E-state index contributed by atoms with van der Waals surface area (Å²) in [5.74, 6) is 1.66. The van der Waals surface area contributed by atoms with Crippen LogP contribution in [0.25, 0.3) is 0 Å². The highest BCUT2D eigenvalue weighted by Crippen LogP contribution is 2.14. The van der Waals surface area contributed by atoms with Crippen LogP contribution in [0.1, 0.15) is 46.0 Å². The van der Waals surface area contributed by atoms with E-state index in [0.717, 1.165) is 0 Å². The molecule has 0 N–H and O–H groups in total. The molecule has 0 fully saturated rings. The topological polar surface area (TPSA) is 9.49 Å². The van der Waals surface area contributed by atoms with Crippen LogP contribution in [-0.2, 0) is 0 Å². The summed E-state index contributed by atoms with van der Waals surface area (Å²) in [7, 11) is 0. The molecule has 0 radical (unpaired) electrons. The summed E-state index contributed by atoms with van der Waals surface area (Å²) in [6, 6.07) is 0. The van der Waals surface area contributed by atoms with Crippen LogP contribution >= 0.6 is 0 Å². The standard InChI is InChI=1S/C15H30N3/c1-3-16(4-2)13-14-18-12-8-11-17-10-7-5-6-9-15(17)18/h3-14H2,1-2H3/q+1. The molecule has 0 saturated carbocycles. The molecule has 2 aliphatic rings. The first-order valence-electron chi connectivity index (χ1n) is 7.93. The van der Waals surface area contributed by atoms with Crippen molar-refractivity contribution in [2.75, 3.05) is 45.8 Å². The second kappa shape index (κ2) is 7.13. The number of hydrogen-bond donors (Lipinski definition) is 0. The summed E-state index contributed by atoms with van der Waals surface area (Å²) >= 11 is 0. The van der Waals surface area contributed by atoms with Gasteiger partial charge in [-0.3, -0.25) is 9.48 Å². The lowest BCUT2D eigenvalue weighted by Crippen LogP contribution is -2.47. The van der Waals surface area contributed by atoms with Crippen LogP contribution in [0.4, 0.5) is 0 Å².